The summed E-state index contributed by atoms with van der Waals surface area (Å²) in [4.78, 5) is 47.8. The molecule has 1 aromatic carbocycles. The third-order valence-corrected chi connectivity index (χ3v) is 6.99. The predicted molar refractivity (Wildman–Crippen MR) is 126 cm³/mol. The van der Waals surface area contributed by atoms with Gasteiger partial charge in [-0.15, -0.1) is 11.3 Å². The summed E-state index contributed by atoms with van der Waals surface area (Å²) < 4.78 is 1.53. The molecule has 4 rings (SSSR count). The van der Waals surface area contributed by atoms with Crippen LogP contribution in [0.4, 0.5) is 5.69 Å². The summed E-state index contributed by atoms with van der Waals surface area (Å²) in [5, 5.41) is 3.54. The summed E-state index contributed by atoms with van der Waals surface area (Å²) in [6, 6.07) is 9.37. The van der Waals surface area contributed by atoms with Crippen molar-refractivity contribution in [3.63, 3.8) is 0 Å². The highest BCUT2D eigenvalue weighted by atomic mass is 32.1. The number of carbonyl (C=O) groups excluding carboxylic acids is 2. The third kappa shape index (κ3) is 4.89. The number of aromatic nitrogens is 2. The Balaban J connectivity index is 1.26. The van der Waals surface area contributed by atoms with Crippen LogP contribution in [0, 0.1) is 13.8 Å². The lowest BCUT2D eigenvalue weighted by atomic mass is 10.2. The highest BCUT2D eigenvalue weighted by Crippen LogP contribution is 2.25. The lowest BCUT2D eigenvalue weighted by Gasteiger charge is -2.34. The zero-order valence-corrected chi connectivity index (χ0v) is 19.2. The first kappa shape index (κ1) is 22.2. The Morgan fingerprint density at radius 3 is 2.53 bits per heavy atom. The summed E-state index contributed by atoms with van der Waals surface area (Å²) in [5.74, 6) is -0.0409. The molecule has 2 amide bonds. The van der Waals surface area contributed by atoms with Gasteiger partial charge in [0.2, 0.25) is 11.8 Å². The molecular weight excluding hydrogens is 426 g/mol. The number of fused-ring (bicyclic) bond motifs is 1. The van der Waals surface area contributed by atoms with Crippen LogP contribution >= 0.6 is 11.3 Å². The molecule has 2 aromatic heterocycles. The summed E-state index contributed by atoms with van der Waals surface area (Å²) >= 11 is 1.52. The molecule has 0 radical (unpaired) electrons. The van der Waals surface area contributed by atoms with E-state index in [0.717, 1.165) is 21.0 Å². The van der Waals surface area contributed by atoms with Gasteiger partial charge in [-0.1, -0.05) is 18.2 Å². The first-order valence-corrected chi connectivity index (χ1v) is 11.5. The number of nitrogens with one attached hydrogen (secondary N) is 1. The lowest BCUT2D eigenvalue weighted by molar-refractivity contribution is -0.133. The van der Waals surface area contributed by atoms with Gasteiger partial charge in [0, 0.05) is 49.7 Å². The Hall–Kier alpha value is -3.04. The Labute approximate surface area is 190 Å². The van der Waals surface area contributed by atoms with Gasteiger partial charge in [0.1, 0.15) is 4.83 Å². The highest BCUT2D eigenvalue weighted by molar-refractivity contribution is 7.18. The van der Waals surface area contributed by atoms with Crippen molar-refractivity contribution in [3.8, 4) is 0 Å². The summed E-state index contributed by atoms with van der Waals surface area (Å²) in [5.41, 5.74) is 1.66. The molecule has 0 unspecified atom stereocenters. The summed E-state index contributed by atoms with van der Waals surface area (Å²) in [6.45, 7) is 6.99. The summed E-state index contributed by atoms with van der Waals surface area (Å²) in [6.07, 6.45) is 1.79. The Morgan fingerprint density at radius 2 is 1.81 bits per heavy atom. The van der Waals surface area contributed by atoms with Crippen LogP contribution in [0.3, 0.4) is 0 Å². The molecule has 32 heavy (non-hydrogen) atoms. The molecule has 0 spiro atoms. The maximum atomic E-state index is 12.8. The number of hydrogen-bond donors (Lipinski definition) is 1. The van der Waals surface area contributed by atoms with Crippen LogP contribution in [0.25, 0.3) is 10.2 Å². The van der Waals surface area contributed by atoms with E-state index in [0.29, 0.717) is 44.7 Å². The molecule has 168 valence electrons. The van der Waals surface area contributed by atoms with E-state index in [2.05, 4.69) is 10.3 Å². The van der Waals surface area contributed by atoms with Crippen LogP contribution in [0.15, 0.2) is 41.5 Å². The molecule has 1 N–H and O–H groups in total. The monoisotopic (exact) mass is 453 g/mol. The van der Waals surface area contributed by atoms with Gasteiger partial charge in [-0.2, -0.15) is 0 Å². The van der Waals surface area contributed by atoms with Crippen LogP contribution in [-0.2, 0) is 16.1 Å². The molecule has 9 heteroatoms. The molecule has 1 saturated heterocycles. The fourth-order valence-electron chi connectivity index (χ4n) is 3.88. The highest BCUT2D eigenvalue weighted by Gasteiger charge is 2.22. The van der Waals surface area contributed by atoms with Crippen molar-refractivity contribution in [1.82, 2.24) is 19.4 Å². The number of benzene rings is 1. The average Bonchev–Trinajstić information content (AvgIpc) is 3.08. The maximum absolute atomic E-state index is 12.8. The second-order valence-electron chi connectivity index (χ2n) is 8.03. The van der Waals surface area contributed by atoms with Gasteiger partial charge in [0.15, 0.2) is 0 Å². The normalized spacial score (nSPS) is 14.6. The smallest absolute Gasteiger partial charge is 0.262 e. The lowest BCUT2D eigenvalue weighted by Crippen LogP contribution is -2.50. The number of para-hydroxylation sites is 1. The molecule has 8 nitrogen and oxygen atoms in total. The van der Waals surface area contributed by atoms with E-state index in [1.165, 1.54) is 22.2 Å². The molecular formula is C23H27N5O3S. The van der Waals surface area contributed by atoms with Gasteiger partial charge in [-0.3, -0.25) is 23.9 Å². The largest absolute Gasteiger partial charge is 0.340 e. The number of nitrogens with zero attached hydrogens (tertiary/aromatic N) is 4. The van der Waals surface area contributed by atoms with Crippen LogP contribution in [-0.4, -0.2) is 63.9 Å². The zero-order valence-electron chi connectivity index (χ0n) is 18.3. The van der Waals surface area contributed by atoms with E-state index in [9.17, 15) is 14.4 Å². The van der Waals surface area contributed by atoms with E-state index >= 15 is 0 Å². The fraction of sp³-hybridized carbons (Fsp3) is 0.391. The Kier molecular flexibility index (Phi) is 6.66. The molecule has 1 aliphatic rings. The van der Waals surface area contributed by atoms with Gasteiger partial charge in [-0.05, 0) is 31.5 Å². The minimum atomic E-state index is -0.0844. The minimum absolute atomic E-state index is 0.0172. The second kappa shape index (κ2) is 9.62. The SMILES string of the molecule is Cc1sc2ncn(CCC(=O)N3CCN(CC(=O)Nc4ccccc4)CC3)c(=O)c2c1C. The maximum Gasteiger partial charge on any atom is 0.262 e. The van der Waals surface area contributed by atoms with Crippen molar-refractivity contribution in [2.75, 3.05) is 38.0 Å². The number of carbonyl (C=O) groups is 2. The van der Waals surface area contributed by atoms with Crippen molar-refractivity contribution < 1.29 is 9.59 Å². The quantitative estimate of drug-likeness (QED) is 0.619. The topological polar surface area (TPSA) is 87.5 Å². The first-order valence-electron chi connectivity index (χ1n) is 10.7. The minimum Gasteiger partial charge on any atom is -0.340 e. The molecule has 3 heterocycles. The summed E-state index contributed by atoms with van der Waals surface area (Å²) in [7, 11) is 0. The number of anilines is 1. The Bertz CT molecular complexity index is 1180. The molecule has 3 aromatic rings. The van der Waals surface area contributed by atoms with E-state index in [1.807, 2.05) is 54.0 Å². The van der Waals surface area contributed by atoms with Gasteiger partial charge < -0.3 is 10.2 Å². The standard InChI is InChI=1S/C23H27N5O3S/c1-16-17(2)32-22-21(16)23(31)28(15-24-22)9-8-20(30)27-12-10-26(11-13-27)14-19(29)25-18-6-4-3-5-7-18/h3-7,15H,8-14H2,1-2H3,(H,25,29). The average molecular weight is 454 g/mol. The van der Waals surface area contributed by atoms with Gasteiger partial charge in [0.25, 0.3) is 5.56 Å². The zero-order chi connectivity index (χ0) is 22.7. The first-order chi connectivity index (χ1) is 15.4. The van der Waals surface area contributed by atoms with Crippen molar-refractivity contribution in [1.29, 1.82) is 0 Å². The van der Waals surface area contributed by atoms with E-state index in [1.54, 1.807) is 0 Å². The van der Waals surface area contributed by atoms with Gasteiger partial charge in [-0.25, -0.2) is 4.98 Å². The Morgan fingerprint density at radius 1 is 1.09 bits per heavy atom. The van der Waals surface area contributed by atoms with Gasteiger partial charge >= 0.3 is 0 Å². The number of piperazine rings is 1. The number of hydrogen-bond acceptors (Lipinski definition) is 6. The van der Waals surface area contributed by atoms with Crippen LogP contribution in [0.5, 0.6) is 0 Å². The molecule has 1 aliphatic heterocycles. The molecule has 0 aliphatic carbocycles. The van der Waals surface area contributed by atoms with Crippen LogP contribution in [0.2, 0.25) is 0 Å². The van der Waals surface area contributed by atoms with Crippen molar-refractivity contribution in [2.24, 2.45) is 0 Å². The third-order valence-electron chi connectivity index (χ3n) is 5.87. The number of amides is 2. The fourth-order valence-corrected chi connectivity index (χ4v) is 4.87. The van der Waals surface area contributed by atoms with Crippen molar-refractivity contribution in [3.05, 3.63) is 57.5 Å². The van der Waals surface area contributed by atoms with E-state index in [4.69, 9.17) is 0 Å². The van der Waals surface area contributed by atoms with Gasteiger partial charge in [0.05, 0.1) is 18.3 Å². The molecule has 0 saturated carbocycles. The van der Waals surface area contributed by atoms with Crippen LogP contribution in [0.1, 0.15) is 16.9 Å². The predicted octanol–water partition coefficient (Wildman–Crippen LogP) is 2.25. The number of rotatable bonds is 6. The molecule has 0 bridgehead atoms. The van der Waals surface area contributed by atoms with E-state index < -0.39 is 0 Å². The number of aryl methyl sites for hydroxylation is 3. The van der Waals surface area contributed by atoms with E-state index in [-0.39, 0.29) is 23.8 Å². The van der Waals surface area contributed by atoms with Crippen LogP contribution < -0.4 is 10.9 Å². The van der Waals surface area contributed by atoms with Crippen molar-refractivity contribution >= 4 is 39.1 Å². The molecule has 1 fully saturated rings. The second-order valence-corrected chi connectivity index (χ2v) is 9.23. The van der Waals surface area contributed by atoms with Crippen molar-refractivity contribution in [2.45, 2.75) is 26.8 Å². The molecule has 0 atom stereocenters. The number of thiophene rings is 1.